The van der Waals surface area contributed by atoms with Gasteiger partial charge in [0.2, 0.25) is 5.95 Å². The van der Waals surface area contributed by atoms with E-state index in [1.54, 1.807) is 48.7 Å². The van der Waals surface area contributed by atoms with Crippen molar-refractivity contribution in [2.24, 2.45) is 0 Å². The Bertz CT molecular complexity index is 1360. The summed E-state index contributed by atoms with van der Waals surface area (Å²) in [5, 5.41) is 3.10. The number of nitrogens with one attached hydrogen (secondary N) is 1. The molecule has 0 radical (unpaired) electrons. The topological polar surface area (TPSA) is 140 Å². The zero-order valence-electron chi connectivity index (χ0n) is 23.1. The van der Waals surface area contributed by atoms with E-state index in [9.17, 15) is 13.2 Å². The van der Waals surface area contributed by atoms with Crippen molar-refractivity contribution in [3.8, 4) is 11.3 Å². The molecule has 3 aromatic heterocycles. The second kappa shape index (κ2) is 12.8. The molecular weight excluding hydrogens is 522 g/mol. The van der Waals surface area contributed by atoms with Crippen LogP contribution in [0.1, 0.15) is 32.9 Å². The third kappa shape index (κ3) is 10.1. The average Bonchev–Trinajstić information content (AvgIpc) is 2.86. The molecular formula is C26H35N7O5S. The van der Waals surface area contributed by atoms with Gasteiger partial charge in [-0.3, -0.25) is 9.17 Å². The SMILES string of the molecule is CN(CCCN(C)c1ccc(-c2ccnc(Nc3ccnc(COS(C)(=O)=O)c3)n2)cn1)C(=O)OC(C)(C)C. The van der Waals surface area contributed by atoms with E-state index in [2.05, 4.69) is 25.3 Å². The standard InChI is InChI=1S/C26H35N7O5S/c1-26(2,3)38-25(34)33(5)15-7-14-32(4)23-9-8-19(17-29-23)22-11-13-28-24(31-22)30-20-10-12-27-21(16-20)18-37-39(6,35)36/h8-13,16-17H,7,14-15,18H2,1-6H3,(H,27,28,30,31). The second-order valence-electron chi connectivity index (χ2n) is 9.97. The molecule has 3 rings (SSSR count). The first-order chi connectivity index (χ1) is 18.3. The highest BCUT2D eigenvalue weighted by atomic mass is 32.2. The van der Waals surface area contributed by atoms with Crippen LogP contribution in [0.25, 0.3) is 11.3 Å². The van der Waals surface area contributed by atoms with Crippen molar-refractivity contribution in [3.05, 3.63) is 54.6 Å². The maximum absolute atomic E-state index is 12.1. The fourth-order valence-corrected chi connectivity index (χ4v) is 3.70. The van der Waals surface area contributed by atoms with Crippen LogP contribution in [-0.4, -0.2) is 78.4 Å². The van der Waals surface area contributed by atoms with Gasteiger partial charge in [-0.2, -0.15) is 8.42 Å². The van der Waals surface area contributed by atoms with Crippen molar-refractivity contribution in [1.29, 1.82) is 0 Å². The van der Waals surface area contributed by atoms with Gasteiger partial charge in [0.15, 0.2) is 0 Å². The van der Waals surface area contributed by atoms with Gasteiger partial charge in [-0.25, -0.2) is 19.7 Å². The van der Waals surface area contributed by atoms with Gasteiger partial charge in [0, 0.05) is 57.0 Å². The molecule has 0 spiro atoms. The molecule has 0 aliphatic rings. The monoisotopic (exact) mass is 557 g/mol. The number of hydrogen-bond donors (Lipinski definition) is 1. The van der Waals surface area contributed by atoms with Gasteiger partial charge >= 0.3 is 6.09 Å². The molecule has 1 N–H and O–H groups in total. The molecule has 0 aliphatic heterocycles. The van der Waals surface area contributed by atoms with Gasteiger partial charge in [0.05, 0.1) is 17.6 Å². The van der Waals surface area contributed by atoms with Crippen LogP contribution in [0.2, 0.25) is 0 Å². The first-order valence-electron chi connectivity index (χ1n) is 12.3. The number of anilines is 3. The minimum atomic E-state index is -3.57. The Kier molecular flexibility index (Phi) is 9.76. The fraction of sp³-hybridized carbons (Fsp3) is 0.423. The van der Waals surface area contributed by atoms with E-state index >= 15 is 0 Å². The van der Waals surface area contributed by atoms with Crippen molar-refractivity contribution in [2.45, 2.75) is 39.4 Å². The normalized spacial score (nSPS) is 11.6. The summed E-state index contributed by atoms with van der Waals surface area (Å²) >= 11 is 0. The van der Waals surface area contributed by atoms with E-state index in [0.29, 0.717) is 36.1 Å². The van der Waals surface area contributed by atoms with Gasteiger partial charge in [-0.05, 0) is 57.5 Å². The van der Waals surface area contributed by atoms with Crippen LogP contribution >= 0.6 is 0 Å². The first-order valence-corrected chi connectivity index (χ1v) is 14.1. The van der Waals surface area contributed by atoms with Crippen LogP contribution in [0.3, 0.4) is 0 Å². The van der Waals surface area contributed by atoms with Gasteiger partial charge in [0.1, 0.15) is 18.0 Å². The Morgan fingerprint density at radius 2 is 1.77 bits per heavy atom. The quantitative estimate of drug-likeness (QED) is 0.344. The zero-order chi connectivity index (χ0) is 28.6. The fourth-order valence-electron chi connectivity index (χ4n) is 3.37. The molecule has 0 aromatic carbocycles. The number of ether oxygens (including phenoxy) is 1. The number of rotatable bonds is 11. The number of hydrogen-bond acceptors (Lipinski definition) is 11. The highest BCUT2D eigenvalue weighted by Crippen LogP contribution is 2.21. The maximum atomic E-state index is 12.1. The van der Waals surface area contributed by atoms with Crippen molar-refractivity contribution >= 4 is 33.7 Å². The molecule has 0 bridgehead atoms. The maximum Gasteiger partial charge on any atom is 0.410 e. The molecule has 13 heteroatoms. The molecule has 3 aromatic rings. The zero-order valence-corrected chi connectivity index (χ0v) is 23.9. The number of amides is 1. The number of nitrogens with zero attached hydrogens (tertiary/aromatic N) is 6. The summed E-state index contributed by atoms with van der Waals surface area (Å²) in [6.07, 6.45) is 6.34. The van der Waals surface area contributed by atoms with Crippen molar-refractivity contribution in [1.82, 2.24) is 24.8 Å². The lowest BCUT2D eigenvalue weighted by atomic mass is 10.2. The largest absolute Gasteiger partial charge is 0.444 e. The van der Waals surface area contributed by atoms with Gasteiger partial charge < -0.3 is 19.9 Å². The molecule has 0 saturated heterocycles. The lowest BCUT2D eigenvalue weighted by Gasteiger charge is -2.25. The average molecular weight is 558 g/mol. The molecule has 1 amide bonds. The van der Waals surface area contributed by atoms with Crippen molar-refractivity contribution < 1.29 is 22.1 Å². The van der Waals surface area contributed by atoms with E-state index in [-0.39, 0.29) is 12.7 Å². The molecule has 210 valence electrons. The molecule has 0 aliphatic carbocycles. The minimum Gasteiger partial charge on any atom is -0.444 e. The van der Waals surface area contributed by atoms with Crippen LogP contribution in [0.4, 0.5) is 22.2 Å². The Labute approximate surface area is 229 Å². The predicted octanol–water partition coefficient (Wildman–Crippen LogP) is 3.85. The Hall–Kier alpha value is -3.84. The van der Waals surface area contributed by atoms with Crippen LogP contribution in [-0.2, 0) is 25.6 Å². The van der Waals surface area contributed by atoms with E-state index in [0.717, 1.165) is 24.1 Å². The van der Waals surface area contributed by atoms with E-state index < -0.39 is 15.7 Å². The van der Waals surface area contributed by atoms with Gasteiger partial charge in [0.25, 0.3) is 10.1 Å². The third-order valence-electron chi connectivity index (χ3n) is 5.28. The number of carbonyl (C=O) groups excluding carboxylic acids is 1. The van der Waals surface area contributed by atoms with Crippen molar-refractivity contribution in [3.63, 3.8) is 0 Å². The summed E-state index contributed by atoms with van der Waals surface area (Å²) in [7, 11) is 0.111. The summed E-state index contributed by atoms with van der Waals surface area (Å²) in [6.45, 7) is 6.65. The molecule has 0 atom stereocenters. The minimum absolute atomic E-state index is 0.165. The summed E-state index contributed by atoms with van der Waals surface area (Å²) < 4.78 is 32.6. The lowest BCUT2D eigenvalue weighted by Crippen LogP contribution is -2.35. The van der Waals surface area contributed by atoms with Crippen LogP contribution in [0.15, 0.2) is 48.9 Å². The van der Waals surface area contributed by atoms with E-state index in [4.69, 9.17) is 8.92 Å². The van der Waals surface area contributed by atoms with E-state index in [1.165, 1.54) is 0 Å². The van der Waals surface area contributed by atoms with Gasteiger partial charge in [-0.15, -0.1) is 0 Å². The predicted molar refractivity (Wildman–Crippen MR) is 149 cm³/mol. The smallest absolute Gasteiger partial charge is 0.410 e. The highest BCUT2D eigenvalue weighted by molar-refractivity contribution is 7.85. The van der Waals surface area contributed by atoms with Crippen molar-refractivity contribution in [2.75, 3.05) is 43.7 Å². The number of pyridine rings is 2. The molecule has 12 nitrogen and oxygen atoms in total. The second-order valence-corrected chi connectivity index (χ2v) is 11.6. The van der Waals surface area contributed by atoms with Gasteiger partial charge in [-0.1, -0.05) is 0 Å². The van der Waals surface area contributed by atoms with Crippen LogP contribution < -0.4 is 10.2 Å². The Morgan fingerprint density at radius 3 is 2.44 bits per heavy atom. The summed E-state index contributed by atoms with van der Waals surface area (Å²) in [5.74, 6) is 1.16. The Balaban J connectivity index is 1.57. The summed E-state index contributed by atoms with van der Waals surface area (Å²) in [6, 6.07) is 9.02. The molecule has 3 heterocycles. The summed E-state index contributed by atoms with van der Waals surface area (Å²) in [4.78, 5) is 33.2. The molecule has 39 heavy (non-hydrogen) atoms. The molecule has 0 unspecified atom stereocenters. The lowest BCUT2D eigenvalue weighted by molar-refractivity contribution is 0.0298. The highest BCUT2D eigenvalue weighted by Gasteiger charge is 2.19. The van der Waals surface area contributed by atoms with E-state index in [1.807, 2.05) is 44.9 Å². The number of aromatic nitrogens is 4. The van der Waals surface area contributed by atoms with Crippen LogP contribution in [0, 0.1) is 0 Å². The Morgan fingerprint density at radius 1 is 1.03 bits per heavy atom. The van der Waals surface area contributed by atoms with Crippen LogP contribution in [0.5, 0.6) is 0 Å². The molecule has 0 saturated carbocycles. The third-order valence-corrected chi connectivity index (χ3v) is 5.82. The number of carbonyl (C=O) groups is 1. The molecule has 0 fully saturated rings. The summed E-state index contributed by atoms with van der Waals surface area (Å²) in [5.41, 5.74) is 2.07. The first kappa shape index (κ1) is 29.7.